The van der Waals surface area contributed by atoms with Gasteiger partial charge in [-0.25, -0.2) is 0 Å². The van der Waals surface area contributed by atoms with Crippen molar-refractivity contribution >= 4 is 17.8 Å². The average molecular weight is 365 g/mol. The number of rotatable bonds is 15. The van der Waals surface area contributed by atoms with Crippen LogP contribution in [0.2, 0.25) is 0 Å². The zero-order chi connectivity index (χ0) is 19.1. The summed E-state index contributed by atoms with van der Waals surface area (Å²) in [5.41, 5.74) is 0. The van der Waals surface area contributed by atoms with E-state index in [1.54, 1.807) is 0 Å². The molecule has 0 rings (SSSR count). The van der Waals surface area contributed by atoms with E-state index >= 15 is 0 Å². The molecule has 1 atom stereocenters. The maximum atomic E-state index is 11.8. The Morgan fingerprint density at radius 2 is 1.73 bits per heavy atom. The molecule has 0 heterocycles. The number of hydrogen-bond donors (Lipinski definition) is 3. The number of aliphatic carboxylic acids is 2. The van der Waals surface area contributed by atoms with Crippen molar-refractivity contribution in [3.8, 4) is 0 Å². The first kappa shape index (κ1) is 26.9. The summed E-state index contributed by atoms with van der Waals surface area (Å²) >= 11 is 0. The quantitative estimate of drug-likeness (QED) is 0.119. The van der Waals surface area contributed by atoms with Crippen molar-refractivity contribution in [2.24, 2.45) is 0 Å². The summed E-state index contributed by atoms with van der Waals surface area (Å²) in [6.07, 6.45) is 5.54. The fourth-order valence-corrected chi connectivity index (χ4v) is 2.61. The summed E-state index contributed by atoms with van der Waals surface area (Å²) in [6.45, 7) is 2.98. The Bertz CT molecular complexity index is 439. The summed E-state index contributed by atoms with van der Waals surface area (Å²) in [4.78, 5) is 33.4. The Morgan fingerprint density at radius 1 is 1.08 bits per heavy atom. The number of allylic oxidation sites excluding steroid dienone is 2. The van der Waals surface area contributed by atoms with Crippen LogP contribution in [0.3, 0.4) is 0 Å². The van der Waals surface area contributed by atoms with Gasteiger partial charge in [0.25, 0.3) is 0 Å². The smallest absolute Gasteiger partial charge is 0.550 e. The maximum Gasteiger partial charge on any atom is 1.00 e. The zero-order valence-corrected chi connectivity index (χ0v) is 15.9. The molecular weight excluding hydrogens is 335 g/mol. The molecule has 8 nitrogen and oxygen atoms in total. The van der Waals surface area contributed by atoms with Gasteiger partial charge in [-0.1, -0.05) is 12.2 Å². The van der Waals surface area contributed by atoms with Crippen molar-refractivity contribution in [2.75, 3.05) is 39.3 Å². The molecule has 0 aromatic rings. The number of hydrogen-bond acceptors (Lipinski definition) is 5. The number of carboxylic acid groups (broad SMARTS) is 2. The van der Waals surface area contributed by atoms with Crippen molar-refractivity contribution < 1.29 is 53.0 Å². The van der Waals surface area contributed by atoms with E-state index in [2.05, 4.69) is 5.32 Å². The van der Waals surface area contributed by atoms with Crippen LogP contribution in [0.1, 0.15) is 39.0 Å². The van der Waals surface area contributed by atoms with Gasteiger partial charge in [-0.2, -0.15) is 0 Å². The van der Waals surface area contributed by atoms with E-state index in [9.17, 15) is 24.6 Å². The SMILES string of the molecule is C/C=C/CCCC(=O)NCC[N+](CCO)(CCC(=O)[O-])CCC(=O)O.[Li+]. The molecule has 144 valence electrons. The van der Waals surface area contributed by atoms with Gasteiger partial charge < -0.3 is 29.9 Å². The number of unbranched alkanes of at least 4 members (excludes halogenated alkanes) is 1. The molecule has 9 heteroatoms. The minimum atomic E-state index is -1.22. The monoisotopic (exact) mass is 365 g/mol. The number of aliphatic hydroxyl groups excluding tert-OH is 1. The topological polar surface area (TPSA) is 127 Å². The van der Waals surface area contributed by atoms with E-state index < -0.39 is 11.9 Å². The number of quaternary nitrogens is 1. The van der Waals surface area contributed by atoms with E-state index in [4.69, 9.17) is 5.11 Å². The van der Waals surface area contributed by atoms with Gasteiger partial charge in [0.05, 0.1) is 39.2 Å². The van der Waals surface area contributed by atoms with Crippen LogP contribution < -0.4 is 29.3 Å². The van der Waals surface area contributed by atoms with Crippen LogP contribution in [0.4, 0.5) is 0 Å². The van der Waals surface area contributed by atoms with Crippen molar-refractivity contribution in [3.05, 3.63) is 12.2 Å². The Balaban J connectivity index is 0. The molecule has 0 saturated carbocycles. The Hall–Kier alpha value is -1.33. The standard InChI is InChI=1S/C17H30N2O6.Li/c1-2-3-4-5-6-15(21)18-9-12-19(13-14-20,10-7-16(22)23)11-8-17(24)25;/h2-3,20H,4-14H2,1H3,(H2-,18,21,22,23,24,25);/q;+1/b3-2+;. The summed E-state index contributed by atoms with van der Waals surface area (Å²) in [7, 11) is 0. The third kappa shape index (κ3) is 13.9. The second kappa shape index (κ2) is 15.9. The molecule has 1 amide bonds. The van der Waals surface area contributed by atoms with Crippen LogP contribution in [0.25, 0.3) is 0 Å². The van der Waals surface area contributed by atoms with Crippen molar-refractivity contribution in [3.63, 3.8) is 0 Å². The summed E-state index contributed by atoms with van der Waals surface area (Å²) in [5.74, 6) is -2.30. The second-order valence-electron chi connectivity index (χ2n) is 6.04. The van der Waals surface area contributed by atoms with Crippen LogP contribution in [0.15, 0.2) is 12.2 Å². The predicted octanol–water partition coefficient (Wildman–Crippen LogP) is -3.72. The fraction of sp³-hybridized carbons (Fsp3) is 0.706. The number of nitrogens with zero attached hydrogens (tertiary/aromatic N) is 1. The van der Waals surface area contributed by atoms with Gasteiger partial charge in [0, 0.05) is 18.8 Å². The van der Waals surface area contributed by atoms with E-state index in [-0.39, 0.29) is 68.3 Å². The second-order valence-corrected chi connectivity index (χ2v) is 6.04. The molecule has 0 fully saturated rings. The van der Waals surface area contributed by atoms with Crippen LogP contribution in [-0.4, -0.2) is 71.9 Å². The molecule has 0 aromatic heterocycles. The van der Waals surface area contributed by atoms with Gasteiger partial charge in [-0.3, -0.25) is 9.59 Å². The van der Waals surface area contributed by atoms with Crippen LogP contribution in [0, 0.1) is 0 Å². The average Bonchev–Trinajstić information content (AvgIpc) is 2.55. The Kier molecular flexibility index (Phi) is 16.4. The number of amides is 1. The number of nitrogens with one attached hydrogen (secondary N) is 1. The molecule has 0 radical (unpaired) electrons. The van der Waals surface area contributed by atoms with E-state index in [0.29, 0.717) is 19.5 Å². The van der Waals surface area contributed by atoms with Crippen LogP contribution >= 0.6 is 0 Å². The fourth-order valence-electron chi connectivity index (χ4n) is 2.61. The minimum absolute atomic E-state index is 0. The van der Waals surface area contributed by atoms with E-state index in [1.165, 1.54) is 0 Å². The van der Waals surface area contributed by atoms with Gasteiger partial charge in [0.15, 0.2) is 0 Å². The molecular formula is C17H30LiN2O6+. The Morgan fingerprint density at radius 3 is 2.27 bits per heavy atom. The van der Waals surface area contributed by atoms with Gasteiger partial charge in [0.1, 0.15) is 6.54 Å². The normalized spacial score (nSPS) is 13.0. The van der Waals surface area contributed by atoms with Crippen LogP contribution in [0.5, 0.6) is 0 Å². The van der Waals surface area contributed by atoms with E-state index in [1.807, 2.05) is 19.1 Å². The molecule has 3 N–H and O–H groups in total. The first-order chi connectivity index (χ1) is 11.8. The largest absolute Gasteiger partial charge is 1.00 e. The number of aliphatic hydroxyl groups is 1. The van der Waals surface area contributed by atoms with Crippen molar-refractivity contribution in [2.45, 2.75) is 39.0 Å². The van der Waals surface area contributed by atoms with Crippen molar-refractivity contribution in [1.29, 1.82) is 0 Å². The van der Waals surface area contributed by atoms with Gasteiger partial charge in [0.2, 0.25) is 5.91 Å². The number of carboxylic acids is 2. The van der Waals surface area contributed by atoms with Crippen molar-refractivity contribution in [1.82, 2.24) is 5.32 Å². The van der Waals surface area contributed by atoms with E-state index in [0.717, 1.165) is 12.8 Å². The first-order valence-electron chi connectivity index (χ1n) is 8.60. The van der Waals surface area contributed by atoms with Crippen LogP contribution in [-0.2, 0) is 14.4 Å². The van der Waals surface area contributed by atoms with Gasteiger partial charge in [-0.05, 0) is 19.8 Å². The molecule has 1 unspecified atom stereocenters. The number of carbonyl (C=O) groups is 3. The zero-order valence-electron chi connectivity index (χ0n) is 15.9. The molecule has 0 aliphatic carbocycles. The molecule has 0 aliphatic heterocycles. The first-order valence-corrected chi connectivity index (χ1v) is 8.60. The molecule has 0 spiro atoms. The molecule has 0 saturated heterocycles. The van der Waals surface area contributed by atoms with Gasteiger partial charge >= 0.3 is 24.8 Å². The summed E-state index contributed by atoms with van der Waals surface area (Å²) < 4.78 is 0.121. The minimum Gasteiger partial charge on any atom is -0.550 e. The third-order valence-electron chi connectivity index (χ3n) is 4.08. The Labute approximate surface area is 167 Å². The maximum absolute atomic E-state index is 11.8. The third-order valence-corrected chi connectivity index (χ3v) is 4.08. The predicted molar refractivity (Wildman–Crippen MR) is 90.4 cm³/mol. The summed E-state index contributed by atoms with van der Waals surface area (Å²) in [5, 5.41) is 31.7. The molecule has 26 heavy (non-hydrogen) atoms. The molecule has 0 bridgehead atoms. The molecule has 0 aromatic carbocycles. The number of carbonyl (C=O) groups excluding carboxylic acids is 2. The van der Waals surface area contributed by atoms with Gasteiger partial charge in [-0.15, -0.1) is 0 Å². The summed E-state index contributed by atoms with van der Waals surface area (Å²) in [6, 6.07) is 0. The molecule has 0 aliphatic rings.